The Morgan fingerprint density at radius 1 is 0.547 bits per heavy atom. The van der Waals surface area contributed by atoms with E-state index in [1.54, 1.807) is 42.5 Å². The molecule has 64 heavy (non-hydrogen) atoms. The van der Waals surface area contributed by atoms with Crippen LogP contribution >= 0.6 is 0 Å². The number of allylic oxidation sites excluding steroid dienone is 5. The van der Waals surface area contributed by atoms with Gasteiger partial charge in [0.05, 0.1) is 44.2 Å². The fraction of sp³-hybridized carbons (Fsp3) is 0.302. The number of hydrogen-bond acceptors (Lipinski definition) is 11. The minimum absolute atomic E-state index is 0.0128. The van der Waals surface area contributed by atoms with Crippen molar-refractivity contribution in [2.45, 2.75) is 64.7 Å². The van der Waals surface area contributed by atoms with Crippen molar-refractivity contribution in [2.24, 2.45) is 0 Å². The van der Waals surface area contributed by atoms with Crippen molar-refractivity contribution in [3.63, 3.8) is 0 Å². The highest BCUT2D eigenvalue weighted by Crippen LogP contribution is 2.24. The number of rotatable bonds is 31. The summed E-state index contributed by atoms with van der Waals surface area (Å²) in [5, 5.41) is 0. The van der Waals surface area contributed by atoms with E-state index in [-0.39, 0.29) is 30.1 Å². The van der Waals surface area contributed by atoms with Gasteiger partial charge in [-0.25, -0.2) is 19.2 Å². The Hall–Kier alpha value is -6.85. The molecule has 0 aromatic heterocycles. The highest BCUT2D eigenvalue weighted by atomic mass is 16.5. The molecule has 0 aliphatic carbocycles. The first kappa shape index (κ1) is 51.5. The first-order valence-electron chi connectivity index (χ1n) is 21.4. The number of benzene rings is 3. The van der Waals surface area contributed by atoms with Gasteiger partial charge in [0.1, 0.15) is 11.5 Å². The van der Waals surface area contributed by atoms with Gasteiger partial charge in [-0.3, -0.25) is 4.79 Å². The molecule has 338 valence electrons. The van der Waals surface area contributed by atoms with Gasteiger partial charge in [-0.15, -0.1) is 0 Å². The highest BCUT2D eigenvalue weighted by molar-refractivity contribution is 5.95. The van der Waals surface area contributed by atoms with E-state index in [4.69, 9.17) is 28.4 Å². The van der Waals surface area contributed by atoms with Gasteiger partial charge in [0.2, 0.25) is 0 Å². The molecule has 0 amide bonds. The van der Waals surface area contributed by atoms with Crippen LogP contribution in [0.4, 0.5) is 0 Å². The monoisotopic (exact) mass is 872 g/mol. The van der Waals surface area contributed by atoms with Crippen LogP contribution in [0.25, 0.3) is 16.7 Å². The van der Waals surface area contributed by atoms with Crippen LogP contribution in [-0.4, -0.2) is 69.3 Å². The number of ketones is 1. The lowest BCUT2D eigenvalue weighted by atomic mass is 10.0. The summed E-state index contributed by atoms with van der Waals surface area (Å²) in [4.78, 5) is 59.9. The van der Waals surface area contributed by atoms with Crippen molar-refractivity contribution in [1.29, 1.82) is 0 Å². The second-order valence-corrected chi connectivity index (χ2v) is 14.4. The minimum atomic E-state index is -0.604. The molecule has 0 saturated heterocycles. The molecule has 3 rings (SSSR count). The summed E-state index contributed by atoms with van der Waals surface area (Å²) in [5.41, 5.74) is 4.37. The van der Waals surface area contributed by atoms with Crippen molar-refractivity contribution < 1.29 is 52.4 Å². The average molecular weight is 873 g/mol. The van der Waals surface area contributed by atoms with Crippen LogP contribution in [0.5, 0.6) is 5.75 Å². The molecule has 0 aliphatic heterocycles. The van der Waals surface area contributed by atoms with E-state index in [1.165, 1.54) is 19.1 Å². The maximum atomic E-state index is 13.2. The minimum Gasteiger partial charge on any atom is -0.494 e. The Morgan fingerprint density at radius 2 is 1.06 bits per heavy atom. The van der Waals surface area contributed by atoms with Crippen molar-refractivity contribution in [3.05, 3.63) is 170 Å². The number of hydrogen-bond donors (Lipinski definition) is 0. The number of ether oxygens (including phenoxy) is 6. The van der Waals surface area contributed by atoms with Gasteiger partial charge in [-0.05, 0) is 129 Å². The Kier molecular flexibility index (Phi) is 24.3. The van der Waals surface area contributed by atoms with E-state index < -0.39 is 23.9 Å². The predicted molar refractivity (Wildman–Crippen MR) is 249 cm³/mol. The van der Waals surface area contributed by atoms with Crippen LogP contribution in [0.1, 0.15) is 91.0 Å². The lowest BCUT2D eigenvalue weighted by Gasteiger charge is -2.09. The van der Waals surface area contributed by atoms with Crippen LogP contribution in [0.2, 0.25) is 0 Å². The van der Waals surface area contributed by atoms with Crippen LogP contribution < -0.4 is 4.74 Å². The summed E-state index contributed by atoms with van der Waals surface area (Å²) in [6, 6.07) is 21.6. The van der Waals surface area contributed by atoms with Crippen LogP contribution in [0.15, 0.2) is 153 Å². The molecule has 0 bridgehead atoms. The zero-order valence-corrected chi connectivity index (χ0v) is 36.9. The van der Waals surface area contributed by atoms with Crippen molar-refractivity contribution in [3.8, 4) is 16.9 Å². The summed E-state index contributed by atoms with van der Waals surface area (Å²) in [6.07, 6.45) is 18.1. The topological polar surface area (TPSA) is 141 Å². The normalized spacial score (nSPS) is 11.2. The Morgan fingerprint density at radius 3 is 1.64 bits per heavy atom. The van der Waals surface area contributed by atoms with E-state index >= 15 is 0 Å². The molecule has 0 saturated carbocycles. The lowest BCUT2D eigenvalue weighted by molar-refractivity contribution is -0.138. The molecule has 0 fully saturated rings. The molecule has 0 aliphatic rings. The van der Waals surface area contributed by atoms with Gasteiger partial charge >= 0.3 is 23.9 Å². The third kappa shape index (κ3) is 20.8. The van der Waals surface area contributed by atoms with E-state index in [0.29, 0.717) is 44.2 Å². The van der Waals surface area contributed by atoms with Gasteiger partial charge in [-0.2, -0.15) is 0 Å². The number of Topliss-reactive ketones (excluding diaryl/α,β-unsaturated/α-hetero) is 1. The third-order valence-electron chi connectivity index (χ3n) is 9.45. The smallest absolute Gasteiger partial charge is 0.343 e. The summed E-state index contributed by atoms with van der Waals surface area (Å²) >= 11 is 0. The van der Waals surface area contributed by atoms with Crippen LogP contribution in [-0.2, 0) is 38.1 Å². The summed E-state index contributed by atoms with van der Waals surface area (Å²) in [6.45, 7) is 18.4. The lowest BCUT2D eigenvalue weighted by Crippen LogP contribution is -2.07. The van der Waals surface area contributed by atoms with E-state index in [0.717, 1.165) is 91.5 Å². The Labute approximate surface area is 377 Å². The highest BCUT2D eigenvalue weighted by Gasteiger charge is 2.12. The number of carbonyl (C=O) groups excluding carboxylic acids is 5. The van der Waals surface area contributed by atoms with E-state index in [1.807, 2.05) is 48.6 Å². The maximum Gasteiger partial charge on any atom is 0.343 e. The first-order chi connectivity index (χ1) is 31.0. The Bertz CT molecular complexity index is 2100. The average Bonchev–Trinajstić information content (AvgIpc) is 3.31. The fourth-order valence-corrected chi connectivity index (χ4v) is 5.72. The zero-order chi connectivity index (χ0) is 46.4. The van der Waals surface area contributed by atoms with E-state index in [2.05, 4.69) is 26.3 Å². The maximum absolute atomic E-state index is 13.2. The SMILES string of the molecule is C=CC(=O)OCCCCCCOC/C=C\C(=C)c1ccc(C(=O)OCC/C=C(\C=C/C(=C)C(C)=O)OC(=O)c2ccc(-c3ccc(OCCCCCCOC(=O)C=C)cc3)cc2)cc1. The molecule has 0 heterocycles. The van der Waals surface area contributed by atoms with Gasteiger partial charge in [0, 0.05) is 30.8 Å². The van der Waals surface area contributed by atoms with Gasteiger partial charge in [-0.1, -0.05) is 81.3 Å². The first-order valence-corrected chi connectivity index (χ1v) is 21.4. The summed E-state index contributed by atoms with van der Waals surface area (Å²) < 4.78 is 32.6. The molecular formula is C53H60O11. The van der Waals surface area contributed by atoms with Gasteiger partial charge < -0.3 is 28.4 Å². The largest absolute Gasteiger partial charge is 0.494 e. The number of carbonyl (C=O) groups is 5. The summed E-state index contributed by atoms with van der Waals surface area (Å²) in [5.74, 6) is -1.23. The molecule has 0 unspecified atom stereocenters. The molecular weight excluding hydrogens is 813 g/mol. The van der Waals surface area contributed by atoms with Crippen LogP contribution in [0.3, 0.4) is 0 Å². The van der Waals surface area contributed by atoms with Crippen LogP contribution in [0, 0.1) is 0 Å². The van der Waals surface area contributed by atoms with Crippen molar-refractivity contribution >= 4 is 35.2 Å². The van der Waals surface area contributed by atoms with Gasteiger partial charge in [0.15, 0.2) is 5.78 Å². The van der Waals surface area contributed by atoms with Crippen molar-refractivity contribution in [2.75, 3.05) is 39.6 Å². The third-order valence-corrected chi connectivity index (χ3v) is 9.45. The second-order valence-electron chi connectivity index (χ2n) is 14.4. The zero-order valence-electron chi connectivity index (χ0n) is 36.9. The molecule has 0 spiro atoms. The molecule has 3 aromatic carbocycles. The molecule has 3 aromatic rings. The molecule has 11 heteroatoms. The van der Waals surface area contributed by atoms with E-state index in [9.17, 15) is 24.0 Å². The Balaban J connectivity index is 1.43. The standard InChI is InChI=1S/C53H60O11/c1-6-50(55)61-37-14-9-8-12-34-59-35-16-18-41(4)43-21-25-46(26-22-43)52(57)63-39-17-19-49(31-20-40(3)42(5)54)64-53(58)47-27-23-44(24-28-47)45-29-32-48(33-30-45)60-36-13-10-11-15-38-62-51(56)7-2/h6-7,16,18-33H,1-4,8-15,17,34-39H2,5H3/b18-16-,31-20-,49-19+. The fourth-order valence-electron chi connectivity index (χ4n) is 5.72. The number of esters is 4. The molecule has 0 N–H and O–H groups in total. The summed E-state index contributed by atoms with van der Waals surface area (Å²) in [7, 11) is 0. The second kappa shape index (κ2) is 30.2. The quantitative estimate of drug-likeness (QED) is 0.0152. The molecule has 0 radical (unpaired) electrons. The molecule has 11 nitrogen and oxygen atoms in total. The predicted octanol–water partition coefficient (Wildman–Crippen LogP) is 10.9. The number of unbranched alkanes of at least 4 members (excludes halogenated alkanes) is 6. The molecule has 0 atom stereocenters. The van der Waals surface area contributed by atoms with Gasteiger partial charge in [0.25, 0.3) is 0 Å². The van der Waals surface area contributed by atoms with Crippen molar-refractivity contribution in [1.82, 2.24) is 0 Å².